The first-order chi connectivity index (χ1) is 24.3. The van der Waals surface area contributed by atoms with Crippen LogP contribution in [0.25, 0.3) is 0 Å². The first-order valence-electron chi connectivity index (χ1n) is 18.6. The van der Waals surface area contributed by atoms with Gasteiger partial charge in [-0.05, 0) is 65.7 Å². The lowest BCUT2D eigenvalue weighted by Crippen LogP contribution is -2.29. The Kier molecular flexibility index (Phi) is 20.3. The summed E-state index contributed by atoms with van der Waals surface area (Å²) >= 11 is 0. The number of carbonyl (C=O) groups is 2. The van der Waals surface area contributed by atoms with Gasteiger partial charge in [-0.15, -0.1) is 5.10 Å². The van der Waals surface area contributed by atoms with Crippen LogP contribution in [0.4, 0.5) is 0 Å². The summed E-state index contributed by atoms with van der Waals surface area (Å²) in [6, 6.07) is 0. The Morgan fingerprint density at radius 2 is 1.80 bits per heavy atom. The minimum absolute atomic E-state index is 0.0624. The Morgan fingerprint density at radius 1 is 1.06 bits per heavy atom. The van der Waals surface area contributed by atoms with Crippen LogP contribution < -0.4 is 0 Å². The first-order valence-corrected chi connectivity index (χ1v) is 18.6. The van der Waals surface area contributed by atoms with Crippen LogP contribution in [0.3, 0.4) is 0 Å². The van der Waals surface area contributed by atoms with Crippen molar-refractivity contribution in [1.82, 2.24) is 15.0 Å². The lowest BCUT2D eigenvalue weighted by Gasteiger charge is -2.26. The van der Waals surface area contributed by atoms with Gasteiger partial charge < -0.3 is 24.8 Å². The number of hydrogen-bond acceptors (Lipinski definition) is 9. The molecular weight excluding hydrogens is 646 g/mol. The van der Waals surface area contributed by atoms with Crippen molar-refractivity contribution < 1.29 is 34.4 Å². The number of ether oxygens (including phenoxy) is 2. The monoisotopic (exact) mass is 709 g/mol. The number of hydrogen-bond donors (Lipinski definition) is 3. The zero-order chi connectivity index (χ0) is 37.8. The van der Waals surface area contributed by atoms with Gasteiger partial charge in [0.25, 0.3) is 0 Å². The number of aliphatic hydroxyl groups is 3. The fraction of sp³-hybridized carbons (Fsp3) is 0.610. The Labute approximate surface area is 305 Å². The van der Waals surface area contributed by atoms with Crippen molar-refractivity contribution in [2.45, 2.75) is 150 Å². The SMILES string of the molecule is CCCCCc1cn(C[C@H](C)C2C/C=C/C[C@H](C)[C@@H](OC(=O)/C=C/C(C)=C/C(C)=C/C=C/C(C)=C/[C@H](O)[C@H](O)C[C@H](C)O)CCCC(=O)O2)nn1. The number of allylic oxidation sites excluding steroid dienone is 9. The van der Waals surface area contributed by atoms with Gasteiger partial charge in [0.2, 0.25) is 0 Å². The van der Waals surface area contributed by atoms with Gasteiger partial charge in [-0.25, -0.2) is 4.79 Å². The highest BCUT2D eigenvalue weighted by molar-refractivity contribution is 5.82. The molecule has 284 valence electrons. The molecular formula is C41H63N3O7. The molecule has 1 aromatic heterocycles. The molecule has 0 spiro atoms. The molecule has 0 bridgehead atoms. The second-order valence-electron chi connectivity index (χ2n) is 14.2. The first kappa shape index (κ1) is 43.6. The van der Waals surface area contributed by atoms with E-state index in [1.165, 1.54) is 18.9 Å². The number of aliphatic hydroxyl groups excluding tert-OH is 3. The van der Waals surface area contributed by atoms with Crippen molar-refractivity contribution in [3.05, 3.63) is 83.3 Å². The molecule has 51 heavy (non-hydrogen) atoms. The average Bonchev–Trinajstić information content (AvgIpc) is 3.50. The zero-order valence-corrected chi connectivity index (χ0v) is 31.9. The molecule has 1 aliphatic rings. The van der Waals surface area contributed by atoms with Gasteiger partial charge in [0.15, 0.2) is 0 Å². The molecule has 0 aliphatic carbocycles. The Hall–Kier alpha value is -3.60. The smallest absolute Gasteiger partial charge is 0.331 e. The number of unbranched alkanes of at least 4 members (excludes halogenated alkanes) is 2. The summed E-state index contributed by atoms with van der Waals surface area (Å²) in [6.45, 7) is 14.2. The number of carbonyl (C=O) groups excluding carboxylic acids is 2. The van der Waals surface area contributed by atoms with Crippen LogP contribution in [-0.2, 0) is 32.0 Å². The van der Waals surface area contributed by atoms with Crippen LogP contribution >= 0.6 is 0 Å². The maximum absolute atomic E-state index is 12.8. The molecule has 2 rings (SSSR count). The number of nitrogens with zero attached hydrogens (tertiary/aromatic N) is 3. The molecule has 0 aromatic carbocycles. The van der Waals surface area contributed by atoms with Gasteiger partial charge in [-0.2, -0.15) is 0 Å². The van der Waals surface area contributed by atoms with E-state index in [1.807, 2.05) is 56.0 Å². The fourth-order valence-electron chi connectivity index (χ4n) is 5.86. The maximum atomic E-state index is 12.8. The zero-order valence-electron chi connectivity index (χ0n) is 31.9. The molecule has 2 heterocycles. The molecule has 0 saturated carbocycles. The van der Waals surface area contributed by atoms with Crippen LogP contribution in [-0.4, -0.2) is 72.8 Å². The van der Waals surface area contributed by atoms with E-state index in [1.54, 1.807) is 19.1 Å². The Bertz CT molecular complexity index is 1390. The predicted octanol–water partition coefficient (Wildman–Crippen LogP) is 7.07. The molecule has 0 fully saturated rings. The summed E-state index contributed by atoms with van der Waals surface area (Å²) in [5.41, 5.74) is 3.60. The molecule has 7 atom stereocenters. The van der Waals surface area contributed by atoms with Gasteiger partial charge in [0.1, 0.15) is 12.2 Å². The highest BCUT2D eigenvalue weighted by Gasteiger charge is 2.25. The van der Waals surface area contributed by atoms with Crippen LogP contribution in [0.5, 0.6) is 0 Å². The van der Waals surface area contributed by atoms with Crippen LogP contribution in [0.2, 0.25) is 0 Å². The largest absolute Gasteiger partial charge is 0.462 e. The van der Waals surface area contributed by atoms with E-state index in [2.05, 4.69) is 43.2 Å². The van der Waals surface area contributed by atoms with Crippen molar-refractivity contribution in [2.24, 2.45) is 11.8 Å². The third-order valence-corrected chi connectivity index (χ3v) is 8.90. The number of cyclic esters (lactones) is 1. The topological polar surface area (TPSA) is 144 Å². The van der Waals surface area contributed by atoms with E-state index < -0.39 is 24.3 Å². The molecule has 1 unspecified atom stereocenters. The normalized spacial score (nSPS) is 23.3. The van der Waals surface area contributed by atoms with Crippen molar-refractivity contribution in [1.29, 1.82) is 0 Å². The molecule has 3 N–H and O–H groups in total. The minimum Gasteiger partial charge on any atom is -0.462 e. The summed E-state index contributed by atoms with van der Waals surface area (Å²) in [7, 11) is 0. The third-order valence-electron chi connectivity index (χ3n) is 8.90. The van der Waals surface area contributed by atoms with Crippen LogP contribution in [0.1, 0.15) is 112 Å². The molecule has 1 aliphatic heterocycles. The van der Waals surface area contributed by atoms with Gasteiger partial charge in [0.05, 0.1) is 24.0 Å². The summed E-state index contributed by atoms with van der Waals surface area (Å²) in [6.07, 6.45) is 22.2. The molecule has 1 aromatic rings. The van der Waals surface area contributed by atoms with E-state index >= 15 is 0 Å². The van der Waals surface area contributed by atoms with Crippen molar-refractivity contribution >= 4 is 11.9 Å². The number of esters is 2. The average molecular weight is 710 g/mol. The van der Waals surface area contributed by atoms with E-state index in [-0.39, 0.29) is 42.9 Å². The summed E-state index contributed by atoms with van der Waals surface area (Å²) in [5.74, 6) is -0.522. The van der Waals surface area contributed by atoms with Gasteiger partial charge in [-0.1, -0.05) is 104 Å². The highest BCUT2D eigenvalue weighted by atomic mass is 16.5. The van der Waals surface area contributed by atoms with Crippen molar-refractivity contribution in [2.75, 3.05) is 0 Å². The molecule has 10 heteroatoms. The van der Waals surface area contributed by atoms with E-state index in [0.29, 0.717) is 25.8 Å². The van der Waals surface area contributed by atoms with E-state index in [0.717, 1.165) is 41.7 Å². The second-order valence-corrected chi connectivity index (χ2v) is 14.2. The number of aryl methyl sites for hydroxylation is 1. The summed E-state index contributed by atoms with van der Waals surface area (Å²) in [5, 5.41) is 38.0. The van der Waals surface area contributed by atoms with Gasteiger partial charge in [0, 0.05) is 44.0 Å². The Morgan fingerprint density at radius 3 is 2.53 bits per heavy atom. The number of aromatic nitrogens is 3. The quantitative estimate of drug-likeness (QED) is 0.0509. The van der Waals surface area contributed by atoms with E-state index in [4.69, 9.17) is 9.47 Å². The lowest BCUT2D eigenvalue weighted by molar-refractivity contribution is -0.152. The van der Waals surface area contributed by atoms with Crippen molar-refractivity contribution in [3.8, 4) is 0 Å². The third kappa shape index (κ3) is 18.5. The number of rotatable bonds is 17. The standard InChI is InChI=1S/C41H63N3O7/c1-8-9-10-18-35-28-44(43-42-35)27-33(6)39-19-12-11-17-32(5)38(20-14-21-40(48)51-39)50-41(49)23-22-31(4)24-29(2)15-13-16-30(3)25-36(46)37(47)26-34(7)45/h11-13,15-16,22-25,28,32-34,36-39,45-47H,8-10,14,17-21,26-27H2,1-7H3/b12-11+,16-13+,23-22+,29-15+,30-25+,31-24+/t32-,33-,34-,36-,37+,38-,39?/m0/s1. The minimum atomic E-state index is -1.06. The Balaban J connectivity index is 1.92. The fourth-order valence-corrected chi connectivity index (χ4v) is 5.86. The maximum Gasteiger partial charge on any atom is 0.331 e. The van der Waals surface area contributed by atoms with Crippen LogP contribution in [0.15, 0.2) is 77.6 Å². The molecule has 0 amide bonds. The summed E-state index contributed by atoms with van der Waals surface area (Å²) < 4.78 is 13.7. The van der Waals surface area contributed by atoms with E-state index in [9.17, 15) is 24.9 Å². The van der Waals surface area contributed by atoms with Gasteiger partial charge in [-0.3, -0.25) is 9.48 Å². The highest BCUT2D eigenvalue weighted by Crippen LogP contribution is 2.23. The predicted molar refractivity (Wildman–Crippen MR) is 201 cm³/mol. The second kappa shape index (κ2) is 23.8. The molecule has 0 saturated heterocycles. The summed E-state index contributed by atoms with van der Waals surface area (Å²) in [4.78, 5) is 25.7. The molecule has 0 radical (unpaired) electrons. The van der Waals surface area contributed by atoms with Crippen molar-refractivity contribution in [3.63, 3.8) is 0 Å². The van der Waals surface area contributed by atoms with Crippen LogP contribution in [0, 0.1) is 11.8 Å². The molecule has 10 nitrogen and oxygen atoms in total. The lowest BCUT2D eigenvalue weighted by atomic mass is 9.94. The van der Waals surface area contributed by atoms with Gasteiger partial charge >= 0.3 is 11.9 Å².